The van der Waals surface area contributed by atoms with Crippen LogP contribution in [-0.4, -0.2) is 25.2 Å². The molecule has 0 saturated carbocycles. The van der Waals surface area contributed by atoms with Gasteiger partial charge in [-0.05, 0) is 55.5 Å². The number of rotatable bonds is 7. The first-order valence-electron chi connectivity index (χ1n) is 8.93. The monoisotopic (exact) mass is 342 g/mol. The fraction of sp³-hybridized carbons (Fsp3) is 0.450. The maximum absolute atomic E-state index is 12.3. The molecule has 1 aromatic carbocycles. The molecule has 134 valence electrons. The number of ether oxygens (including phenoxy) is 1. The molecule has 3 rings (SSSR count). The van der Waals surface area contributed by atoms with Crippen LogP contribution in [0.25, 0.3) is 0 Å². The molecule has 1 amide bonds. The van der Waals surface area contributed by atoms with E-state index in [9.17, 15) is 4.79 Å². The number of carbonyl (C=O) groups is 1. The summed E-state index contributed by atoms with van der Waals surface area (Å²) in [5.41, 5.74) is 1.79. The van der Waals surface area contributed by atoms with Gasteiger partial charge < -0.3 is 19.8 Å². The summed E-state index contributed by atoms with van der Waals surface area (Å²) >= 11 is 0. The van der Waals surface area contributed by atoms with Gasteiger partial charge in [0.1, 0.15) is 5.76 Å². The highest BCUT2D eigenvalue weighted by molar-refractivity contribution is 5.94. The minimum atomic E-state index is -0.0873. The van der Waals surface area contributed by atoms with Crippen molar-refractivity contribution in [2.75, 3.05) is 13.2 Å². The van der Waals surface area contributed by atoms with Gasteiger partial charge in [-0.2, -0.15) is 0 Å². The average Bonchev–Trinajstić information content (AvgIpc) is 3.19. The zero-order valence-electron chi connectivity index (χ0n) is 14.7. The van der Waals surface area contributed by atoms with Crippen LogP contribution in [0.5, 0.6) is 0 Å². The highest BCUT2D eigenvalue weighted by Gasteiger charge is 2.19. The van der Waals surface area contributed by atoms with Crippen molar-refractivity contribution < 1.29 is 13.9 Å². The summed E-state index contributed by atoms with van der Waals surface area (Å²) in [7, 11) is 0. The molecule has 25 heavy (non-hydrogen) atoms. The maximum atomic E-state index is 12.3. The lowest BCUT2D eigenvalue weighted by atomic mass is 9.93. The zero-order chi connectivity index (χ0) is 17.5. The smallest absolute Gasteiger partial charge is 0.251 e. The van der Waals surface area contributed by atoms with Crippen LogP contribution < -0.4 is 10.6 Å². The Morgan fingerprint density at radius 2 is 2.04 bits per heavy atom. The maximum Gasteiger partial charge on any atom is 0.251 e. The second kappa shape index (κ2) is 8.83. The van der Waals surface area contributed by atoms with Crippen LogP contribution in [0.2, 0.25) is 0 Å². The molecule has 1 aliphatic heterocycles. The third-order valence-electron chi connectivity index (χ3n) is 4.79. The molecule has 1 saturated heterocycles. The fourth-order valence-electron chi connectivity index (χ4n) is 3.17. The lowest BCUT2D eigenvalue weighted by molar-refractivity contribution is 0.0558. The van der Waals surface area contributed by atoms with E-state index in [0.717, 1.165) is 43.9 Å². The molecule has 5 nitrogen and oxygen atoms in total. The van der Waals surface area contributed by atoms with Crippen LogP contribution in [0.3, 0.4) is 0 Å². The van der Waals surface area contributed by atoms with E-state index >= 15 is 0 Å². The van der Waals surface area contributed by atoms with Gasteiger partial charge in [-0.1, -0.05) is 12.1 Å². The molecule has 0 spiro atoms. The molecule has 2 aromatic rings. The van der Waals surface area contributed by atoms with Crippen LogP contribution in [0.15, 0.2) is 47.1 Å². The van der Waals surface area contributed by atoms with E-state index < -0.39 is 0 Å². The highest BCUT2D eigenvalue weighted by Crippen LogP contribution is 2.19. The van der Waals surface area contributed by atoms with Crippen molar-refractivity contribution in [3.63, 3.8) is 0 Å². The van der Waals surface area contributed by atoms with E-state index in [4.69, 9.17) is 9.15 Å². The summed E-state index contributed by atoms with van der Waals surface area (Å²) < 4.78 is 10.7. The predicted octanol–water partition coefficient (Wildman–Crippen LogP) is 3.11. The Morgan fingerprint density at radius 1 is 1.20 bits per heavy atom. The molecule has 1 fully saturated rings. The van der Waals surface area contributed by atoms with Crippen molar-refractivity contribution in [1.82, 2.24) is 10.6 Å². The van der Waals surface area contributed by atoms with Gasteiger partial charge >= 0.3 is 0 Å². The molecule has 1 unspecified atom stereocenters. The second-order valence-electron chi connectivity index (χ2n) is 6.58. The largest absolute Gasteiger partial charge is 0.467 e. The van der Waals surface area contributed by atoms with Crippen LogP contribution >= 0.6 is 0 Å². The highest BCUT2D eigenvalue weighted by atomic mass is 16.5. The summed E-state index contributed by atoms with van der Waals surface area (Å²) in [4.78, 5) is 12.3. The third-order valence-corrected chi connectivity index (χ3v) is 4.79. The quantitative estimate of drug-likeness (QED) is 0.811. The Hall–Kier alpha value is -2.11. The first-order chi connectivity index (χ1) is 12.2. The molecule has 0 radical (unpaired) electrons. The molecule has 0 bridgehead atoms. The van der Waals surface area contributed by atoms with Crippen LogP contribution in [0, 0.1) is 5.92 Å². The lowest BCUT2D eigenvalue weighted by Crippen LogP contribution is -2.36. The molecule has 1 aromatic heterocycles. The van der Waals surface area contributed by atoms with E-state index in [1.165, 1.54) is 0 Å². The molecular formula is C20H26N2O3. The number of benzene rings is 1. The van der Waals surface area contributed by atoms with Crippen molar-refractivity contribution in [2.24, 2.45) is 5.92 Å². The Bertz CT molecular complexity index is 663. The van der Waals surface area contributed by atoms with Crippen molar-refractivity contribution in [1.29, 1.82) is 0 Å². The van der Waals surface area contributed by atoms with Gasteiger partial charge in [-0.3, -0.25) is 4.79 Å². The average molecular weight is 342 g/mol. The van der Waals surface area contributed by atoms with Crippen molar-refractivity contribution >= 4 is 5.91 Å². The fourth-order valence-corrected chi connectivity index (χ4v) is 3.17. The van der Waals surface area contributed by atoms with Crippen LogP contribution in [0.4, 0.5) is 0 Å². The number of carbonyl (C=O) groups excluding carboxylic acids is 1. The van der Waals surface area contributed by atoms with Crippen molar-refractivity contribution in [2.45, 2.75) is 38.9 Å². The predicted molar refractivity (Wildman–Crippen MR) is 96.2 cm³/mol. The Morgan fingerprint density at radius 3 is 2.80 bits per heavy atom. The number of hydrogen-bond acceptors (Lipinski definition) is 4. The van der Waals surface area contributed by atoms with Crippen LogP contribution in [0.1, 0.15) is 41.4 Å². The molecule has 2 N–H and O–H groups in total. The minimum absolute atomic E-state index is 0.0873. The second-order valence-corrected chi connectivity index (χ2v) is 6.58. The summed E-state index contributed by atoms with van der Waals surface area (Å²) in [5, 5.41) is 6.47. The van der Waals surface area contributed by atoms with Gasteiger partial charge in [0.05, 0.1) is 12.8 Å². The number of amides is 1. The van der Waals surface area contributed by atoms with Gasteiger partial charge in [0.15, 0.2) is 0 Å². The van der Waals surface area contributed by atoms with E-state index in [1.54, 1.807) is 6.26 Å². The summed E-state index contributed by atoms with van der Waals surface area (Å²) in [6, 6.07) is 11.9. The van der Waals surface area contributed by atoms with Gasteiger partial charge in [-0.15, -0.1) is 0 Å². The van der Waals surface area contributed by atoms with Crippen molar-refractivity contribution in [3.8, 4) is 0 Å². The Balaban J connectivity index is 1.51. The molecule has 0 aliphatic carbocycles. The van der Waals surface area contributed by atoms with Crippen LogP contribution in [-0.2, 0) is 17.8 Å². The topological polar surface area (TPSA) is 63.5 Å². The number of hydrogen-bond donors (Lipinski definition) is 2. The normalized spacial score (nSPS) is 16.5. The Labute approximate surface area is 148 Å². The third kappa shape index (κ3) is 5.18. The molecule has 2 heterocycles. The summed E-state index contributed by atoms with van der Waals surface area (Å²) in [5.74, 6) is 1.32. The summed E-state index contributed by atoms with van der Waals surface area (Å²) in [6.45, 7) is 5.12. The SMILES string of the molecule is CC(NCc1cccc(C(=O)NCc2ccco2)c1)C1CCOCC1. The van der Waals surface area contributed by atoms with E-state index in [1.807, 2.05) is 36.4 Å². The lowest BCUT2D eigenvalue weighted by Gasteiger charge is -2.28. The standard InChI is InChI=1S/C20H26N2O3/c1-15(17-7-10-24-11-8-17)21-13-16-4-2-5-18(12-16)20(23)22-14-19-6-3-9-25-19/h2-6,9,12,15,17,21H,7-8,10-11,13-14H2,1H3,(H,22,23). The zero-order valence-corrected chi connectivity index (χ0v) is 14.7. The molecular weight excluding hydrogens is 316 g/mol. The van der Waals surface area contributed by atoms with Gasteiger partial charge in [0.25, 0.3) is 5.91 Å². The number of nitrogens with one attached hydrogen (secondary N) is 2. The minimum Gasteiger partial charge on any atom is -0.467 e. The van der Waals surface area contributed by atoms with Gasteiger partial charge in [0.2, 0.25) is 0 Å². The first kappa shape index (κ1) is 17.7. The molecule has 1 atom stereocenters. The van der Waals surface area contributed by atoms with Gasteiger partial charge in [-0.25, -0.2) is 0 Å². The van der Waals surface area contributed by atoms with E-state index in [0.29, 0.717) is 24.1 Å². The first-order valence-corrected chi connectivity index (χ1v) is 8.93. The number of furan rings is 1. The van der Waals surface area contributed by atoms with Crippen molar-refractivity contribution in [3.05, 3.63) is 59.5 Å². The Kier molecular flexibility index (Phi) is 6.25. The van der Waals surface area contributed by atoms with E-state index in [2.05, 4.69) is 17.6 Å². The molecule has 5 heteroatoms. The van der Waals surface area contributed by atoms with Gasteiger partial charge in [0, 0.05) is 31.4 Å². The van der Waals surface area contributed by atoms with E-state index in [-0.39, 0.29) is 5.91 Å². The molecule has 1 aliphatic rings. The summed E-state index contributed by atoms with van der Waals surface area (Å²) in [6.07, 6.45) is 3.83.